The number of ether oxygens (including phenoxy) is 1. The minimum atomic E-state index is -0.545. The van der Waals surface area contributed by atoms with Crippen LogP contribution in [0.1, 0.15) is 31.3 Å². The summed E-state index contributed by atoms with van der Waals surface area (Å²) < 4.78 is 6.97. The van der Waals surface area contributed by atoms with E-state index in [1.807, 2.05) is 20.8 Å². The summed E-state index contributed by atoms with van der Waals surface area (Å²) in [6.45, 7) is 6.95. The van der Waals surface area contributed by atoms with Crippen LogP contribution in [0.4, 0.5) is 4.79 Å². The molecule has 1 aromatic heterocycles. The summed E-state index contributed by atoms with van der Waals surface area (Å²) >= 11 is 0. The zero-order chi connectivity index (χ0) is 17.2. The molecule has 2 amide bonds. The Balaban J connectivity index is 2.04. The van der Waals surface area contributed by atoms with Crippen molar-refractivity contribution in [2.45, 2.75) is 32.4 Å². The van der Waals surface area contributed by atoms with Crippen molar-refractivity contribution in [3.63, 3.8) is 0 Å². The van der Waals surface area contributed by atoms with Crippen LogP contribution in [0.25, 0.3) is 0 Å². The highest BCUT2D eigenvalue weighted by atomic mass is 16.6. The molecule has 1 aliphatic heterocycles. The van der Waals surface area contributed by atoms with Crippen molar-refractivity contribution in [3.05, 3.63) is 18.0 Å². The number of aromatic nitrogens is 2. The van der Waals surface area contributed by atoms with Gasteiger partial charge in [0.2, 0.25) is 0 Å². The van der Waals surface area contributed by atoms with Crippen LogP contribution in [0.5, 0.6) is 0 Å². The molecule has 2 N–H and O–H groups in total. The van der Waals surface area contributed by atoms with Crippen molar-refractivity contribution in [1.82, 2.24) is 19.6 Å². The standard InChI is InChI=1S/C15H25N5O3/c1-15(2,3)23-14(22)19-7-8-20(11(9-16)10-19)13(21)12-5-6-18(4)17-12/h5-6,11H,7-10,16H2,1-4H3. The van der Waals surface area contributed by atoms with E-state index in [-0.39, 0.29) is 24.6 Å². The highest BCUT2D eigenvalue weighted by Crippen LogP contribution is 2.16. The monoisotopic (exact) mass is 323 g/mol. The summed E-state index contributed by atoms with van der Waals surface area (Å²) in [5.41, 5.74) is 5.65. The molecule has 128 valence electrons. The highest BCUT2D eigenvalue weighted by molar-refractivity contribution is 5.92. The molecule has 8 nitrogen and oxygen atoms in total. The lowest BCUT2D eigenvalue weighted by Gasteiger charge is -2.40. The summed E-state index contributed by atoms with van der Waals surface area (Å²) in [6, 6.07) is 1.43. The topological polar surface area (TPSA) is 93.7 Å². The number of amides is 2. The molecule has 1 saturated heterocycles. The van der Waals surface area contributed by atoms with Crippen molar-refractivity contribution < 1.29 is 14.3 Å². The Morgan fingerprint density at radius 3 is 2.61 bits per heavy atom. The van der Waals surface area contributed by atoms with Crippen LogP contribution in [-0.4, -0.2) is 69.4 Å². The summed E-state index contributed by atoms with van der Waals surface area (Å²) in [6.07, 6.45) is 1.35. The number of piperazine rings is 1. The molecule has 1 unspecified atom stereocenters. The first kappa shape index (κ1) is 17.3. The molecule has 1 aromatic rings. The van der Waals surface area contributed by atoms with Gasteiger partial charge in [0, 0.05) is 39.4 Å². The van der Waals surface area contributed by atoms with Crippen LogP contribution in [0.2, 0.25) is 0 Å². The maximum atomic E-state index is 12.5. The number of rotatable bonds is 2. The predicted molar refractivity (Wildman–Crippen MR) is 84.9 cm³/mol. The maximum Gasteiger partial charge on any atom is 0.410 e. The third-order valence-corrected chi connectivity index (χ3v) is 3.60. The lowest BCUT2D eigenvalue weighted by atomic mass is 10.1. The van der Waals surface area contributed by atoms with Crippen molar-refractivity contribution in [1.29, 1.82) is 0 Å². The molecule has 0 aromatic carbocycles. The Morgan fingerprint density at radius 1 is 1.39 bits per heavy atom. The van der Waals surface area contributed by atoms with Gasteiger partial charge in [-0.1, -0.05) is 0 Å². The van der Waals surface area contributed by atoms with E-state index < -0.39 is 5.60 Å². The maximum absolute atomic E-state index is 12.5. The smallest absolute Gasteiger partial charge is 0.410 e. The van der Waals surface area contributed by atoms with Crippen LogP contribution in [0.15, 0.2) is 12.3 Å². The van der Waals surface area contributed by atoms with Gasteiger partial charge in [-0.25, -0.2) is 4.79 Å². The molecule has 23 heavy (non-hydrogen) atoms. The van der Waals surface area contributed by atoms with E-state index in [2.05, 4.69) is 5.10 Å². The zero-order valence-corrected chi connectivity index (χ0v) is 14.2. The zero-order valence-electron chi connectivity index (χ0n) is 14.2. The van der Waals surface area contributed by atoms with Gasteiger partial charge in [0.15, 0.2) is 0 Å². The average Bonchev–Trinajstić information content (AvgIpc) is 2.90. The van der Waals surface area contributed by atoms with Gasteiger partial charge in [-0.2, -0.15) is 5.10 Å². The number of carbonyl (C=O) groups excluding carboxylic acids is 2. The molecule has 2 rings (SSSR count). The highest BCUT2D eigenvalue weighted by Gasteiger charge is 2.34. The first-order valence-electron chi connectivity index (χ1n) is 7.70. The molecule has 1 atom stereocenters. The van der Waals surface area contributed by atoms with Gasteiger partial charge in [0.05, 0.1) is 6.04 Å². The quantitative estimate of drug-likeness (QED) is 0.852. The Hall–Kier alpha value is -2.09. The van der Waals surface area contributed by atoms with E-state index in [1.54, 1.807) is 33.8 Å². The fraction of sp³-hybridized carbons (Fsp3) is 0.667. The molecule has 1 aliphatic rings. The normalized spacial score (nSPS) is 18.9. The number of nitrogens with two attached hydrogens (primary N) is 1. The molecule has 0 saturated carbocycles. The van der Waals surface area contributed by atoms with Crippen molar-refractivity contribution in [3.8, 4) is 0 Å². The average molecular weight is 323 g/mol. The van der Waals surface area contributed by atoms with Gasteiger partial charge in [-0.05, 0) is 26.8 Å². The fourth-order valence-corrected chi connectivity index (χ4v) is 2.49. The van der Waals surface area contributed by atoms with E-state index >= 15 is 0 Å². The number of hydrogen-bond donors (Lipinski definition) is 1. The molecular weight excluding hydrogens is 298 g/mol. The predicted octanol–water partition coefficient (Wildman–Crippen LogP) is 0.440. The van der Waals surface area contributed by atoms with Gasteiger partial charge in [0.1, 0.15) is 11.3 Å². The Kier molecular flexibility index (Phi) is 4.93. The molecule has 2 heterocycles. The first-order valence-corrected chi connectivity index (χ1v) is 7.70. The van der Waals surface area contributed by atoms with Gasteiger partial charge in [0.25, 0.3) is 5.91 Å². The lowest BCUT2D eigenvalue weighted by molar-refractivity contribution is 0.00515. The van der Waals surface area contributed by atoms with Gasteiger partial charge in [-0.15, -0.1) is 0 Å². The van der Waals surface area contributed by atoms with Crippen molar-refractivity contribution in [2.24, 2.45) is 12.8 Å². The largest absolute Gasteiger partial charge is 0.444 e. The SMILES string of the molecule is Cn1ccc(C(=O)N2CCN(C(=O)OC(C)(C)C)CC2CN)n1. The van der Waals surface area contributed by atoms with E-state index in [1.165, 1.54) is 0 Å². The van der Waals surface area contributed by atoms with E-state index in [0.29, 0.717) is 25.3 Å². The van der Waals surface area contributed by atoms with Crippen LogP contribution in [0, 0.1) is 0 Å². The van der Waals surface area contributed by atoms with Crippen molar-refractivity contribution >= 4 is 12.0 Å². The van der Waals surface area contributed by atoms with Gasteiger partial charge >= 0.3 is 6.09 Å². The van der Waals surface area contributed by atoms with Gasteiger partial charge in [-0.3, -0.25) is 9.48 Å². The first-order chi connectivity index (χ1) is 10.7. The molecule has 0 spiro atoms. The van der Waals surface area contributed by atoms with E-state index in [9.17, 15) is 9.59 Å². The Bertz CT molecular complexity index is 578. The molecule has 0 radical (unpaired) electrons. The second-order valence-corrected chi connectivity index (χ2v) is 6.69. The molecule has 8 heteroatoms. The molecule has 1 fully saturated rings. The Morgan fingerprint density at radius 2 is 2.09 bits per heavy atom. The summed E-state index contributed by atoms with van der Waals surface area (Å²) in [7, 11) is 1.76. The minimum Gasteiger partial charge on any atom is -0.444 e. The summed E-state index contributed by atoms with van der Waals surface area (Å²) in [4.78, 5) is 28.0. The van der Waals surface area contributed by atoms with Gasteiger partial charge < -0.3 is 20.3 Å². The summed E-state index contributed by atoms with van der Waals surface area (Å²) in [5.74, 6) is -0.162. The fourth-order valence-electron chi connectivity index (χ4n) is 2.49. The number of aryl methyl sites for hydroxylation is 1. The third-order valence-electron chi connectivity index (χ3n) is 3.60. The van der Waals surface area contributed by atoms with Crippen LogP contribution in [-0.2, 0) is 11.8 Å². The molecule has 0 aliphatic carbocycles. The Labute approximate surface area is 136 Å². The van der Waals surface area contributed by atoms with Crippen LogP contribution < -0.4 is 5.73 Å². The summed E-state index contributed by atoms with van der Waals surface area (Å²) in [5, 5.41) is 4.14. The van der Waals surface area contributed by atoms with Crippen LogP contribution >= 0.6 is 0 Å². The number of nitrogens with zero attached hydrogens (tertiary/aromatic N) is 4. The van der Waals surface area contributed by atoms with Crippen molar-refractivity contribution in [2.75, 3.05) is 26.2 Å². The molecule has 0 bridgehead atoms. The number of carbonyl (C=O) groups is 2. The lowest BCUT2D eigenvalue weighted by Crippen LogP contribution is -2.59. The van der Waals surface area contributed by atoms with E-state index in [4.69, 9.17) is 10.5 Å². The molecular formula is C15H25N5O3. The second kappa shape index (κ2) is 6.57. The minimum absolute atomic E-state index is 0.162. The van der Waals surface area contributed by atoms with Crippen LogP contribution in [0.3, 0.4) is 0 Å². The second-order valence-electron chi connectivity index (χ2n) is 6.69. The number of hydrogen-bond acceptors (Lipinski definition) is 5. The van der Waals surface area contributed by atoms with E-state index in [0.717, 1.165) is 0 Å². The third kappa shape index (κ3) is 4.22.